The zero-order valence-corrected chi connectivity index (χ0v) is 14.5. The van der Waals surface area contributed by atoms with Crippen LogP contribution >= 0.6 is 11.3 Å². The molecule has 4 rings (SSSR count). The first-order valence-corrected chi connectivity index (χ1v) is 8.91. The molecule has 0 unspecified atom stereocenters. The van der Waals surface area contributed by atoms with E-state index in [1.54, 1.807) is 0 Å². The molecular formula is C17H17N5O2S. The first kappa shape index (κ1) is 15.8. The topological polar surface area (TPSA) is 88.4 Å². The summed E-state index contributed by atoms with van der Waals surface area (Å²) in [6.45, 7) is 2.15. The molecule has 2 amide bonds. The van der Waals surface area contributed by atoms with Crippen molar-refractivity contribution in [3.05, 3.63) is 46.7 Å². The van der Waals surface area contributed by atoms with Crippen LogP contribution in [-0.2, 0) is 11.3 Å². The van der Waals surface area contributed by atoms with E-state index < -0.39 is 0 Å². The van der Waals surface area contributed by atoms with E-state index in [0.717, 1.165) is 24.1 Å². The second-order valence-electron chi connectivity index (χ2n) is 6.11. The molecular weight excluding hydrogens is 338 g/mol. The highest BCUT2D eigenvalue weighted by molar-refractivity contribution is 7.18. The van der Waals surface area contributed by atoms with Crippen LogP contribution in [0.5, 0.6) is 0 Å². The van der Waals surface area contributed by atoms with Gasteiger partial charge in [-0.05, 0) is 43.5 Å². The molecule has 0 atom stereocenters. The minimum Gasteiger partial charge on any atom is -0.344 e. The lowest BCUT2D eigenvalue weighted by molar-refractivity contribution is -0.117. The highest BCUT2D eigenvalue weighted by Gasteiger charge is 2.30. The van der Waals surface area contributed by atoms with Crippen molar-refractivity contribution >= 4 is 33.8 Å². The van der Waals surface area contributed by atoms with Crippen molar-refractivity contribution in [2.75, 3.05) is 5.32 Å². The number of hydrogen-bond acceptors (Lipinski definition) is 5. The lowest BCUT2D eigenvalue weighted by Gasteiger charge is -2.03. The number of thiophene rings is 1. The van der Waals surface area contributed by atoms with Crippen molar-refractivity contribution in [1.82, 2.24) is 19.9 Å². The number of carbonyl (C=O) groups excluding carboxylic acids is 2. The summed E-state index contributed by atoms with van der Waals surface area (Å²) in [6, 6.07) is 7.47. The predicted octanol–water partition coefficient (Wildman–Crippen LogP) is 2.38. The number of aromatic nitrogens is 3. The monoisotopic (exact) mass is 355 g/mol. The molecule has 1 fully saturated rings. The molecule has 3 aromatic heterocycles. The van der Waals surface area contributed by atoms with Gasteiger partial charge in [-0.1, -0.05) is 6.07 Å². The molecule has 0 aromatic carbocycles. The lowest BCUT2D eigenvalue weighted by atomic mass is 10.2. The number of amides is 2. The third-order valence-electron chi connectivity index (χ3n) is 4.11. The van der Waals surface area contributed by atoms with Crippen molar-refractivity contribution < 1.29 is 9.59 Å². The number of fused-ring (bicyclic) bond motifs is 1. The molecule has 3 heterocycles. The van der Waals surface area contributed by atoms with E-state index in [1.807, 2.05) is 41.8 Å². The van der Waals surface area contributed by atoms with Crippen LogP contribution in [0.2, 0.25) is 0 Å². The molecule has 128 valence electrons. The molecule has 0 radical (unpaired) electrons. The number of carbonyl (C=O) groups is 2. The SMILES string of the molecule is Cc1cc(NC(=O)C2CC2)sc1C(=O)NCc1nnc2ccccn12. The zero-order valence-electron chi connectivity index (χ0n) is 13.7. The number of anilines is 1. The van der Waals surface area contributed by atoms with Crippen LogP contribution in [0, 0.1) is 12.8 Å². The van der Waals surface area contributed by atoms with Crippen LogP contribution in [-0.4, -0.2) is 26.4 Å². The van der Waals surface area contributed by atoms with Crippen LogP contribution in [0.15, 0.2) is 30.5 Å². The van der Waals surface area contributed by atoms with Gasteiger partial charge in [0.2, 0.25) is 5.91 Å². The van der Waals surface area contributed by atoms with Crippen LogP contribution in [0.3, 0.4) is 0 Å². The fourth-order valence-corrected chi connectivity index (χ4v) is 3.58. The maximum absolute atomic E-state index is 12.5. The maximum atomic E-state index is 12.5. The molecule has 7 nitrogen and oxygen atoms in total. The molecule has 1 saturated carbocycles. The second-order valence-corrected chi connectivity index (χ2v) is 7.17. The fourth-order valence-electron chi connectivity index (χ4n) is 2.59. The molecule has 0 bridgehead atoms. The third kappa shape index (κ3) is 3.25. The maximum Gasteiger partial charge on any atom is 0.262 e. The van der Waals surface area contributed by atoms with Crippen molar-refractivity contribution in [3.63, 3.8) is 0 Å². The van der Waals surface area contributed by atoms with Gasteiger partial charge in [-0.25, -0.2) is 0 Å². The van der Waals surface area contributed by atoms with Crippen molar-refractivity contribution in [1.29, 1.82) is 0 Å². The second kappa shape index (κ2) is 6.29. The minimum absolute atomic E-state index is 0.0446. The summed E-state index contributed by atoms with van der Waals surface area (Å²) < 4.78 is 1.84. The van der Waals surface area contributed by atoms with E-state index in [1.165, 1.54) is 11.3 Å². The Morgan fingerprint density at radius 2 is 2.16 bits per heavy atom. The molecule has 0 aliphatic heterocycles. The summed E-state index contributed by atoms with van der Waals surface area (Å²) in [6.07, 6.45) is 3.77. The van der Waals surface area contributed by atoms with Crippen molar-refractivity contribution in [3.8, 4) is 0 Å². The van der Waals surface area contributed by atoms with Gasteiger partial charge in [0.15, 0.2) is 11.5 Å². The molecule has 25 heavy (non-hydrogen) atoms. The summed E-state index contributed by atoms with van der Waals surface area (Å²) in [5.41, 5.74) is 1.59. The van der Waals surface area contributed by atoms with Crippen LogP contribution in [0.1, 0.15) is 33.9 Å². The Labute approximate surface area is 148 Å². The molecule has 3 aromatic rings. The van der Waals surface area contributed by atoms with Crippen molar-refractivity contribution in [2.24, 2.45) is 5.92 Å². The van der Waals surface area contributed by atoms with Gasteiger partial charge in [0.25, 0.3) is 5.91 Å². The van der Waals surface area contributed by atoms with Crippen LogP contribution in [0.4, 0.5) is 5.00 Å². The Balaban J connectivity index is 1.44. The third-order valence-corrected chi connectivity index (χ3v) is 5.26. The average Bonchev–Trinajstić information content (AvgIpc) is 3.29. The summed E-state index contributed by atoms with van der Waals surface area (Å²) in [7, 11) is 0. The van der Waals surface area contributed by atoms with Crippen LogP contribution < -0.4 is 10.6 Å². The largest absolute Gasteiger partial charge is 0.344 e. The number of aryl methyl sites for hydroxylation is 1. The Morgan fingerprint density at radius 3 is 2.96 bits per heavy atom. The number of hydrogen-bond donors (Lipinski definition) is 2. The normalized spacial score (nSPS) is 13.8. The van der Waals surface area contributed by atoms with E-state index in [0.29, 0.717) is 15.7 Å². The quantitative estimate of drug-likeness (QED) is 0.735. The Hall–Kier alpha value is -2.74. The van der Waals surface area contributed by atoms with E-state index in [4.69, 9.17) is 0 Å². The molecule has 2 N–H and O–H groups in total. The highest BCUT2D eigenvalue weighted by Crippen LogP contribution is 2.32. The summed E-state index contributed by atoms with van der Waals surface area (Å²) in [5.74, 6) is 0.673. The van der Waals surface area contributed by atoms with Crippen molar-refractivity contribution in [2.45, 2.75) is 26.3 Å². The lowest BCUT2D eigenvalue weighted by Crippen LogP contribution is -2.23. The molecule has 0 saturated heterocycles. The number of nitrogens with zero attached hydrogens (tertiary/aromatic N) is 3. The summed E-state index contributed by atoms with van der Waals surface area (Å²) >= 11 is 1.30. The standard InChI is InChI=1S/C17H17N5O2S/c1-10-8-14(19-16(23)11-5-6-11)25-15(10)17(24)18-9-13-21-20-12-4-2-3-7-22(12)13/h2-4,7-8,11H,5-6,9H2,1H3,(H,18,24)(H,19,23). The number of rotatable bonds is 5. The van der Waals surface area contributed by atoms with Crippen LogP contribution in [0.25, 0.3) is 5.65 Å². The van der Waals surface area contributed by atoms with E-state index >= 15 is 0 Å². The highest BCUT2D eigenvalue weighted by atomic mass is 32.1. The van der Waals surface area contributed by atoms with E-state index in [9.17, 15) is 9.59 Å². The van der Waals surface area contributed by atoms with Gasteiger partial charge in [0.05, 0.1) is 16.4 Å². The first-order valence-electron chi connectivity index (χ1n) is 8.10. The van der Waals surface area contributed by atoms with Gasteiger partial charge in [-0.3, -0.25) is 14.0 Å². The first-order chi connectivity index (χ1) is 12.1. The smallest absolute Gasteiger partial charge is 0.262 e. The summed E-state index contributed by atoms with van der Waals surface area (Å²) in [4.78, 5) is 24.9. The number of pyridine rings is 1. The average molecular weight is 355 g/mol. The molecule has 0 spiro atoms. The molecule has 8 heteroatoms. The molecule has 1 aliphatic carbocycles. The Kier molecular flexibility index (Phi) is 3.96. The van der Waals surface area contributed by atoms with E-state index in [2.05, 4.69) is 20.8 Å². The zero-order chi connectivity index (χ0) is 17.4. The summed E-state index contributed by atoms with van der Waals surface area (Å²) in [5, 5.41) is 14.6. The van der Waals surface area contributed by atoms with Gasteiger partial charge < -0.3 is 10.6 Å². The van der Waals surface area contributed by atoms with Gasteiger partial charge in [-0.15, -0.1) is 21.5 Å². The van der Waals surface area contributed by atoms with Gasteiger partial charge in [0.1, 0.15) is 0 Å². The predicted molar refractivity (Wildman–Crippen MR) is 94.6 cm³/mol. The Morgan fingerprint density at radius 1 is 1.32 bits per heavy atom. The van der Waals surface area contributed by atoms with Gasteiger partial charge in [0, 0.05) is 12.1 Å². The fraction of sp³-hybridized carbons (Fsp3) is 0.294. The van der Waals surface area contributed by atoms with E-state index in [-0.39, 0.29) is 24.3 Å². The number of nitrogens with one attached hydrogen (secondary N) is 2. The molecule has 1 aliphatic rings. The van der Waals surface area contributed by atoms with Gasteiger partial charge >= 0.3 is 0 Å². The van der Waals surface area contributed by atoms with Gasteiger partial charge in [-0.2, -0.15) is 0 Å². The Bertz CT molecular complexity index is 957. The minimum atomic E-state index is -0.179.